The summed E-state index contributed by atoms with van der Waals surface area (Å²) in [5.41, 5.74) is 6.04. The van der Waals surface area contributed by atoms with Crippen LogP contribution in [0.15, 0.2) is 55.1 Å². The van der Waals surface area contributed by atoms with Gasteiger partial charge in [-0.2, -0.15) is 0 Å². The third-order valence-electron chi connectivity index (χ3n) is 7.42. The van der Waals surface area contributed by atoms with E-state index in [1.54, 1.807) is 7.11 Å². The second-order valence-electron chi connectivity index (χ2n) is 11.5. The highest BCUT2D eigenvalue weighted by Gasteiger charge is 2.22. The Morgan fingerprint density at radius 2 is 1.67 bits per heavy atom. The number of hydrogen-bond acceptors (Lipinski definition) is 6. The topological polar surface area (TPSA) is 78.8 Å². The van der Waals surface area contributed by atoms with Gasteiger partial charge in [0.2, 0.25) is 0 Å². The summed E-state index contributed by atoms with van der Waals surface area (Å²) >= 11 is 0. The minimum Gasteiger partial charge on any atom is -0.508 e. The van der Waals surface area contributed by atoms with E-state index in [0.717, 1.165) is 66.6 Å². The van der Waals surface area contributed by atoms with Crippen LogP contribution in [0.2, 0.25) is 0 Å². The number of ether oxygens (including phenoxy) is 1. The number of nitrogens with zero attached hydrogens (tertiary/aromatic N) is 4. The van der Waals surface area contributed by atoms with Crippen LogP contribution in [0.1, 0.15) is 69.6 Å². The number of amides is 1. The van der Waals surface area contributed by atoms with Crippen molar-refractivity contribution in [3.05, 3.63) is 71.8 Å². The summed E-state index contributed by atoms with van der Waals surface area (Å²) in [4.78, 5) is 25.9. The Balaban J connectivity index is 1.75. The molecule has 4 rings (SSSR count). The number of phenols is 1. The van der Waals surface area contributed by atoms with E-state index in [9.17, 15) is 9.90 Å². The minimum absolute atomic E-state index is 0.00819. The van der Waals surface area contributed by atoms with Crippen molar-refractivity contribution in [1.29, 1.82) is 0 Å². The predicted molar refractivity (Wildman–Crippen MR) is 156 cm³/mol. The highest BCUT2D eigenvalue weighted by atomic mass is 16.5. The molecule has 0 fully saturated rings. The maximum Gasteiger partial charge on any atom is 0.252 e. The van der Waals surface area contributed by atoms with Crippen LogP contribution in [0.5, 0.6) is 5.75 Å². The molecule has 208 valence electrons. The molecular weight excluding hydrogens is 488 g/mol. The highest BCUT2D eigenvalue weighted by Crippen LogP contribution is 2.32. The number of anilines is 1. The number of hydrogen-bond donors (Lipinski definition) is 1. The number of aromatic nitrogens is 2. The Morgan fingerprint density at radius 3 is 2.38 bits per heavy atom. The first-order valence-electron chi connectivity index (χ1n) is 14.0. The first-order valence-corrected chi connectivity index (χ1v) is 14.0. The maximum absolute atomic E-state index is 13.2. The Hall–Kier alpha value is -3.29. The van der Waals surface area contributed by atoms with Crippen molar-refractivity contribution in [3.63, 3.8) is 0 Å². The molecule has 0 spiro atoms. The van der Waals surface area contributed by atoms with Gasteiger partial charge in [-0.3, -0.25) is 9.69 Å². The van der Waals surface area contributed by atoms with E-state index in [0.29, 0.717) is 25.4 Å². The summed E-state index contributed by atoms with van der Waals surface area (Å²) in [6.07, 6.45) is 10.6. The molecule has 39 heavy (non-hydrogen) atoms. The molecule has 0 saturated carbocycles. The highest BCUT2D eigenvalue weighted by molar-refractivity contribution is 5.95. The number of phenolic OH excluding ortho intramolecular Hbond substituents is 1. The van der Waals surface area contributed by atoms with Crippen LogP contribution in [0, 0.1) is 0 Å². The molecule has 1 amide bonds. The smallest absolute Gasteiger partial charge is 0.252 e. The van der Waals surface area contributed by atoms with Gasteiger partial charge in [-0.25, -0.2) is 9.97 Å². The fraction of sp³-hybridized carbons (Fsp3) is 0.469. The Morgan fingerprint density at radius 1 is 0.949 bits per heavy atom. The molecule has 1 aliphatic heterocycles. The number of aromatic hydroxyl groups is 1. The average Bonchev–Trinajstić information content (AvgIpc) is 2.91. The van der Waals surface area contributed by atoms with Crippen LogP contribution in [-0.4, -0.2) is 52.7 Å². The van der Waals surface area contributed by atoms with Crippen molar-refractivity contribution >= 4 is 11.6 Å². The number of methoxy groups -OCH3 is 1. The fourth-order valence-corrected chi connectivity index (χ4v) is 5.19. The molecule has 1 N–H and O–H groups in total. The number of carbonyl (C=O) groups excluding carboxylic acids is 1. The van der Waals surface area contributed by atoms with Crippen molar-refractivity contribution in [2.75, 3.05) is 31.7 Å². The van der Waals surface area contributed by atoms with E-state index in [4.69, 9.17) is 4.74 Å². The molecule has 0 atom stereocenters. The third kappa shape index (κ3) is 7.64. The molecular formula is C32H42N4O3. The van der Waals surface area contributed by atoms with E-state index in [1.807, 2.05) is 41.6 Å². The summed E-state index contributed by atoms with van der Waals surface area (Å²) in [7, 11) is 1.56. The normalized spacial score (nSPS) is 15.7. The molecule has 0 bridgehead atoms. The maximum atomic E-state index is 13.2. The monoisotopic (exact) mass is 530 g/mol. The van der Waals surface area contributed by atoms with Gasteiger partial charge in [-0.15, -0.1) is 0 Å². The van der Waals surface area contributed by atoms with Crippen LogP contribution in [0.25, 0.3) is 11.1 Å². The van der Waals surface area contributed by atoms with E-state index in [1.165, 1.54) is 11.9 Å². The average molecular weight is 531 g/mol. The molecule has 1 aliphatic rings. The van der Waals surface area contributed by atoms with Crippen LogP contribution >= 0.6 is 0 Å². The first-order chi connectivity index (χ1) is 18.8. The van der Waals surface area contributed by atoms with Gasteiger partial charge in [0.25, 0.3) is 5.91 Å². The van der Waals surface area contributed by atoms with Gasteiger partial charge in [0.05, 0.1) is 0 Å². The molecule has 0 radical (unpaired) electrons. The third-order valence-corrected chi connectivity index (χ3v) is 7.42. The minimum atomic E-state index is -0.0336. The van der Waals surface area contributed by atoms with Crippen molar-refractivity contribution in [1.82, 2.24) is 14.9 Å². The molecule has 0 saturated heterocycles. The molecule has 7 heteroatoms. The fourth-order valence-electron chi connectivity index (χ4n) is 5.19. The SMILES string of the molecule is COCC(=O)N1CCCCCCCN(Cc2cc(C(C)(C)C)ccc2O)Cc2cc(-c3cncnc3)ccc21. The molecule has 2 aromatic carbocycles. The largest absolute Gasteiger partial charge is 0.508 e. The summed E-state index contributed by atoms with van der Waals surface area (Å²) in [5, 5.41) is 10.8. The second kappa shape index (κ2) is 13.2. The molecule has 1 aromatic heterocycles. The lowest BCUT2D eigenvalue weighted by Crippen LogP contribution is -2.36. The molecule has 3 aromatic rings. The van der Waals surface area contributed by atoms with E-state index in [-0.39, 0.29) is 17.9 Å². The van der Waals surface area contributed by atoms with Crippen molar-refractivity contribution in [3.8, 4) is 16.9 Å². The quantitative estimate of drug-likeness (QED) is 0.430. The number of benzene rings is 2. The Bertz CT molecular complexity index is 1240. The standard InChI is InChI=1S/C32H42N4O3/c1-32(2,3)28-11-13-30(37)26(17-28)21-35-14-8-6-5-7-9-15-36(31(38)22-39-4)29-12-10-24(16-25(29)20-35)27-18-33-23-34-19-27/h10-13,16-19,23,37H,5-9,14-15,20-22H2,1-4H3. The van der Waals surface area contributed by atoms with Gasteiger partial charge in [-0.05, 0) is 59.7 Å². The van der Waals surface area contributed by atoms with Gasteiger partial charge in [0.1, 0.15) is 18.7 Å². The summed E-state index contributed by atoms with van der Waals surface area (Å²) in [5.74, 6) is 0.287. The van der Waals surface area contributed by atoms with E-state index in [2.05, 4.69) is 47.8 Å². The van der Waals surface area contributed by atoms with Crippen molar-refractivity contribution in [2.24, 2.45) is 0 Å². The van der Waals surface area contributed by atoms with Crippen LogP contribution in [-0.2, 0) is 28.0 Å². The zero-order valence-electron chi connectivity index (χ0n) is 23.8. The molecule has 0 aliphatic carbocycles. The molecule has 0 unspecified atom stereocenters. The zero-order chi connectivity index (χ0) is 27.8. The lowest BCUT2D eigenvalue weighted by Gasteiger charge is -2.30. The van der Waals surface area contributed by atoms with Crippen LogP contribution in [0.4, 0.5) is 5.69 Å². The summed E-state index contributed by atoms with van der Waals surface area (Å²) < 4.78 is 5.24. The molecule has 7 nitrogen and oxygen atoms in total. The van der Waals surface area contributed by atoms with E-state index >= 15 is 0 Å². The van der Waals surface area contributed by atoms with Crippen molar-refractivity contribution in [2.45, 2.75) is 71.4 Å². The van der Waals surface area contributed by atoms with E-state index < -0.39 is 0 Å². The van der Waals surface area contributed by atoms with Gasteiger partial charge in [0, 0.05) is 56.0 Å². The number of fused-ring (bicyclic) bond motifs is 1. The van der Waals surface area contributed by atoms with Crippen LogP contribution < -0.4 is 4.90 Å². The Labute approximate surface area is 232 Å². The van der Waals surface area contributed by atoms with Gasteiger partial charge < -0.3 is 14.7 Å². The summed E-state index contributed by atoms with van der Waals surface area (Å²) in [6.45, 7) is 9.46. The first kappa shape index (κ1) is 28.7. The Kier molecular flexibility index (Phi) is 9.70. The lowest BCUT2D eigenvalue weighted by molar-refractivity contribution is -0.122. The van der Waals surface area contributed by atoms with Crippen molar-refractivity contribution < 1.29 is 14.6 Å². The zero-order valence-corrected chi connectivity index (χ0v) is 23.8. The summed E-state index contributed by atoms with van der Waals surface area (Å²) in [6, 6.07) is 12.2. The lowest BCUT2D eigenvalue weighted by atomic mass is 9.86. The molecule has 2 heterocycles. The van der Waals surface area contributed by atoms with Crippen LogP contribution in [0.3, 0.4) is 0 Å². The predicted octanol–water partition coefficient (Wildman–Crippen LogP) is 6.09. The van der Waals surface area contributed by atoms with Gasteiger partial charge >= 0.3 is 0 Å². The number of rotatable bonds is 5. The van der Waals surface area contributed by atoms with Gasteiger partial charge in [0.15, 0.2) is 0 Å². The second-order valence-corrected chi connectivity index (χ2v) is 11.5. The number of carbonyl (C=O) groups is 1. The van der Waals surface area contributed by atoms with Gasteiger partial charge in [-0.1, -0.05) is 58.2 Å².